The van der Waals surface area contributed by atoms with Gasteiger partial charge in [-0.1, -0.05) is 39.8 Å². The Labute approximate surface area is 330 Å². The quantitative estimate of drug-likeness (QED) is 0.177. The van der Waals surface area contributed by atoms with Gasteiger partial charge in [-0.15, -0.1) is 6.58 Å². The monoisotopic (exact) mass is 790 g/mol. The number of halogens is 1. The number of ketones is 2. The van der Waals surface area contributed by atoms with E-state index in [1.54, 1.807) is 46.9 Å². The minimum absolute atomic E-state index is 0.0127. The number of amides is 1. The molecule has 1 amide bonds. The van der Waals surface area contributed by atoms with Crippen molar-refractivity contribution in [3.8, 4) is 0 Å². The van der Waals surface area contributed by atoms with E-state index < -0.39 is 89.2 Å². The molecule has 1 aromatic heterocycles. The zero-order valence-corrected chi connectivity index (χ0v) is 34.7. The van der Waals surface area contributed by atoms with Gasteiger partial charge in [-0.3, -0.25) is 24.4 Å². The molecule has 4 heterocycles. The zero-order valence-electron chi connectivity index (χ0n) is 34.7. The van der Waals surface area contributed by atoms with Crippen LogP contribution >= 0.6 is 0 Å². The van der Waals surface area contributed by atoms with Gasteiger partial charge in [0.2, 0.25) is 0 Å². The predicted octanol–water partition coefficient (Wildman–Crippen LogP) is 4.02. The molecule has 0 radical (unpaired) electrons. The van der Waals surface area contributed by atoms with Gasteiger partial charge in [-0.05, 0) is 66.1 Å². The fraction of sp³-hybridized carbons (Fsp3) is 0.732. The lowest BCUT2D eigenvalue weighted by Gasteiger charge is -2.46. The van der Waals surface area contributed by atoms with Crippen molar-refractivity contribution in [3.63, 3.8) is 0 Å². The number of aliphatic hydroxyl groups excluding tert-OH is 1. The summed E-state index contributed by atoms with van der Waals surface area (Å²) in [6, 6.07) is 4.21. The van der Waals surface area contributed by atoms with Crippen molar-refractivity contribution in [2.24, 2.45) is 17.8 Å². The number of hydrogen-bond acceptors (Lipinski definition) is 13. The molecule has 2 N–H and O–H groups in total. The molecule has 0 spiro atoms. The first kappa shape index (κ1) is 45.4. The van der Waals surface area contributed by atoms with Crippen LogP contribution in [0.5, 0.6) is 0 Å². The van der Waals surface area contributed by atoms with Crippen LogP contribution < -0.4 is 5.32 Å². The van der Waals surface area contributed by atoms with Gasteiger partial charge in [-0.25, -0.2) is 14.0 Å². The smallest absolute Gasteiger partial charge is 0.410 e. The van der Waals surface area contributed by atoms with E-state index in [9.17, 15) is 24.3 Å². The van der Waals surface area contributed by atoms with Crippen molar-refractivity contribution in [1.29, 1.82) is 0 Å². The van der Waals surface area contributed by atoms with E-state index in [4.69, 9.17) is 23.7 Å². The van der Waals surface area contributed by atoms with E-state index in [-0.39, 0.29) is 31.3 Å². The summed E-state index contributed by atoms with van der Waals surface area (Å²) >= 11 is 0. The van der Waals surface area contributed by atoms with E-state index in [0.29, 0.717) is 26.1 Å². The van der Waals surface area contributed by atoms with Gasteiger partial charge in [0.1, 0.15) is 18.0 Å². The number of likely N-dealkylation sites (N-methyl/N-ethyl adjacent to an activating group) is 1. The number of aliphatic hydroxyl groups is 1. The second kappa shape index (κ2) is 18.5. The molecule has 1 aromatic rings. The first-order valence-corrected chi connectivity index (χ1v) is 19.7. The summed E-state index contributed by atoms with van der Waals surface area (Å²) in [6.07, 6.45) is -2.24. The number of fused-ring (bicyclic) bond motifs is 1. The Morgan fingerprint density at radius 1 is 1.14 bits per heavy atom. The summed E-state index contributed by atoms with van der Waals surface area (Å²) in [5, 5.41) is 14.6. The standard InChI is InChI=1S/C41H63FN4O10/c1-12-17-44-29-21-25(4)53-36(32(29)48)55-35-27(6)34(49)40(8,42)37(50)54-30(13-2)41(9)33(26(5)31(47)24(3)22-39(35,7)52-11)46(38(51)56-41)20-19-45(10)23-28-16-14-15-18-43-28/h12,14-16,18,24-27,29-30,32-33,35-36,44,48H,1,13,17,19-23H2,2-11H3/t24-,25-,26+,27+,29+,30-,32+,33?,35-,36+,39-,40+,41-/m1/s1. The second-order valence-electron chi connectivity index (χ2n) is 16.4. The van der Waals surface area contributed by atoms with Gasteiger partial charge in [0.05, 0.1) is 29.5 Å². The Bertz CT molecular complexity index is 1550. The molecule has 4 rings (SSSR count). The van der Waals surface area contributed by atoms with Gasteiger partial charge in [-0.2, -0.15) is 0 Å². The fourth-order valence-corrected chi connectivity index (χ4v) is 8.79. The molecule has 0 aromatic carbocycles. The number of nitrogens with one attached hydrogen (secondary N) is 1. The molecule has 314 valence electrons. The number of nitrogens with zero attached hydrogens (tertiary/aromatic N) is 3. The Hall–Kier alpha value is -3.34. The van der Waals surface area contributed by atoms with Crippen LogP contribution in [-0.2, 0) is 44.6 Å². The predicted molar refractivity (Wildman–Crippen MR) is 205 cm³/mol. The lowest BCUT2D eigenvalue weighted by atomic mass is 9.73. The number of esters is 1. The van der Waals surface area contributed by atoms with Gasteiger partial charge < -0.3 is 34.1 Å². The summed E-state index contributed by atoms with van der Waals surface area (Å²) < 4.78 is 47.3. The molecular formula is C41H63FN4O10. The van der Waals surface area contributed by atoms with Crippen LogP contribution in [0.3, 0.4) is 0 Å². The molecule has 15 heteroatoms. The third-order valence-electron chi connectivity index (χ3n) is 12.0. The Kier molecular flexibility index (Phi) is 15.0. The van der Waals surface area contributed by atoms with Crippen LogP contribution in [0, 0.1) is 17.8 Å². The summed E-state index contributed by atoms with van der Waals surface area (Å²) in [5.41, 5.74) is -5.41. The molecule has 0 bridgehead atoms. The van der Waals surface area contributed by atoms with Gasteiger partial charge in [0.25, 0.3) is 5.67 Å². The number of pyridine rings is 1. The number of alkyl halides is 1. The summed E-state index contributed by atoms with van der Waals surface area (Å²) in [6.45, 7) is 17.6. The number of Topliss-reactive ketones (excluding diaryl/α,β-unsaturated/α-hetero) is 2. The number of ether oxygens (including phenoxy) is 5. The van der Waals surface area contributed by atoms with Crippen LogP contribution in [0.4, 0.5) is 9.18 Å². The lowest BCUT2D eigenvalue weighted by molar-refractivity contribution is -0.290. The molecule has 56 heavy (non-hydrogen) atoms. The van der Waals surface area contributed by atoms with Crippen LogP contribution in [0.25, 0.3) is 0 Å². The number of carbonyl (C=O) groups excluding carboxylic acids is 4. The number of rotatable bonds is 12. The lowest BCUT2D eigenvalue weighted by Crippen LogP contribution is -2.62. The van der Waals surface area contributed by atoms with E-state index >= 15 is 4.39 Å². The van der Waals surface area contributed by atoms with Crippen molar-refractivity contribution in [1.82, 2.24) is 20.1 Å². The fourth-order valence-electron chi connectivity index (χ4n) is 8.79. The first-order valence-electron chi connectivity index (χ1n) is 19.7. The largest absolute Gasteiger partial charge is 0.455 e. The molecular weight excluding hydrogens is 727 g/mol. The number of carbonyl (C=O) groups is 4. The van der Waals surface area contributed by atoms with E-state index in [0.717, 1.165) is 12.6 Å². The normalized spacial score (nSPS) is 38.8. The third-order valence-corrected chi connectivity index (χ3v) is 12.0. The van der Waals surface area contributed by atoms with Crippen molar-refractivity contribution in [2.45, 2.75) is 141 Å². The maximum Gasteiger partial charge on any atom is 0.410 e. The first-order chi connectivity index (χ1) is 26.2. The highest BCUT2D eigenvalue weighted by Gasteiger charge is 2.61. The molecule has 0 aliphatic carbocycles. The summed E-state index contributed by atoms with van der Waals surface area (Å²) in [7, 11) is 3.28. The van der Waals surface area contributed by atoms with Crippen molar-refractivity contribution < 1.29 is 52.4 Å². The minimum atomic E-state index is -3.18. The van der Waals surface area contributed by atoms with Gasteiger partial charge >= 0.3 is 12.1 Å². The summed E-state index contributed by atoms with van der Waals surface area (Å²) in [4.78, 5) is 64.4. The molecule has 14 nitrogen and oxygen atoms in total. The van der Waals surface area contributed by atoms with E-state index in [2.05, 4.69) is 16.9 Å². The van der Waals surface area contributed by atoms with Crippen LogP contribution in [0.2, 0.25) is 0 Å². The van der Waals surface area contributed by atoms with Crippen molar-refractivity contribution >= 4 is 23.6 Å². The van der Waals surface area contributed by atoms with Gasteiger partial charge in [0, 0.05) is 63.3 Å². The molecule has 3 fully saturated rings. The summed E-state index contributed by atoms with van der Waals surface area (Å²) in [5.74, 6) is -5.85. The zero-order chi connectivity index (χ0) is 41.7. The topological polar surface area (TPSA) is 166 Å². The van der Waals surface area contributed by atoms with Crippen LogP contribution in [-0.4, -0.2) is 137 Å². The van der Waals surface area contributed by atoms with E-state index in [1.807, 2.05) is 37.1 Å². The highest BCUT2D eigenvalue weighted by molar-refractivity contribution is 6.08. The van der Waals surface area contributed by atoms with Crippen LogP contribution in [0.1, 0.15) is 80.3 Å². The average Bonchev–Trinajstić information content (AvgIpc) is 3.42. The molecule has 3 aliphatic heterocycles. The Morgan fingerprint density at radius 2 is 1.84 bits per heavy atom. The maximum atomic E-state index is 16.9. The molecule has 3 saturated heterocycles. The highest BCUT2D eigenvalue weighted by atomic mass is 19.1. The Balaban J connectivity index is 1.75. The molecule has 1 unspecified atom stereocenters. The average molecular weight is 791 g/mol. The molecule has 13 atom stereocenters. The van der Waals surface area contributed by atoms with Crippen molar-refractivity contribution in [2.75, 3.05) is 33.8 Å². The number of hydrogen-bond donors (Lipinski definition) is 2. The Morgan fingerprint density at radius 3 is 2.45 bits per heavy atom. The van der Waals surface area contributed by atoms with E-state index in [1.165, 1.54) is 18.9 Å². The number of methoxy groups -OCH3 is 1. The SMILES string of the molecule is C=CCN[C@H]1C[C@@H](C)O[C@@H](O[C@@H]2[C@@H](C)C(=O)[C@](C)(F)C(=O)O[C@H](CC)[C@@]3(C)OC(=O)N(CCN(C)Cc4ccccn4)C3[C@@H](C)C(=O)[C@H](C)C[C@@]2(C)OC)[C@H]1O. The highest BCUT2D eigenvalue weighted by Crippen LogP contribution is 2.43. The number of cyclic esters (lactones) is 1. The van der Waals surface area contributed by atoms with Crippen molar-refractivity contribution in [3.05, 3.63) is 42.7 Å². The van der Waals surface area contributed by atoms with Gasteiger partial charge in [0.15, 0.2) is 17.7 Å². The molecule has 0 saturated carbocycles. The third kappa shape index (κ3) is 9.50. The second-order valence-corrected chi connectivity index (χ2v) is 16.4. The van der Waals surface area contributed by atoms with Crippen LogP contribution in [0.15, 0.2) is 37.1 Å². The number of aromatic nitrogens is 1. The minimum Gasteiger partial charge on any atom is -0.455 e. The molecule has 3 aliphatic rings. The maximum absolute atomic E-state index is 16.9.